The quantitative estimate of drug-likeness (QED) is 0.752. The van der Waals surface area contributed by atoms with E-state index in [4.69, 9.17) is 4.74 Å². The topological polar surface area (TPSA) is 83.8 Å². The van der Waals surface area contributed by atoms with E-state index in [1.165, 1.54) is 0 Å². The Kier molecular flexibility index (Phi) is 3.91. The molecule has 0 radical (unpaired) electrons. The molecule has 0 unspecified atom stereocenters. The zero-order valence-electron chi connectivity index (χ0n) is 12.1. The van der Waals surface area contributed by atoms with Crippen LogP contribution in [-0.2, 0) is 14.3 Å². The Morgan fingerprint density at radius 3 is 2.70 bits per heavy atom. The highest BCUT2D eigenvalue weighted by Gasteiger charge is 2.51. The minimum absolute atomic E-state index is 0.106. The van der Waals surface area contributed by atoms with Gasteiger partial charge >= 0.3 is 11.9 Å². The number of carboxylic acid groups (broad SMARTS) is 1. The van der Waals surface area contributed by atoms with E-state index in [1.807, 2.05) is 0 Å². The lowest BCUT2D eigenvalue weighted by molar-refractivity contribution is -0.165. The number of hydrogen-bond acceptors (Lipinski definition) is 4. The number of cyclic esters (lactones) is 1. The highest BCUT2D eigenvalue weighted by molar-refractivity contribution is 5.88. The number of esters is 1. The van der Waals surface area contributed by atoms with Crippen molar-refractivity contribution < 1.29 is 24.5 Å². The van der Waals surface area contributed by atoms with Crippen LogP contribution < -0.4 is 0 Å². The molecule has 1 aliphatic carbocycles. The number of carbonyl (C=O) groups is 2. The molecule has 20 heavy (non-hydrogen) atoms. The van der Waals surface area contributed by atoms with Crippen molar-refractivity contribution in [2.75, 3.05) is 6.61 Å². The summed E-state index contributed by atoms with van der Waals surface area (Å²) in [5.74, 6) is -2.01. The van der Waals surface area contributed by atoms with Crippen LogP contribution in [-0.4, -0.2) is 34.4 Å². The van der Waals surface area contributed by atoms with Gasteiger partial charge in [0.1, 0.15) is 6.61 Å². The van der Waals surface area contributed by atoms with E-state index < -0.39 is 23.5 Å². The maximum absolute atomic E-state index is 12.2. The number of aliphatic hydroxyl groups is 1. The van der Waals surface area contributed by atoms with Gasteiger partial charge in [-0.25, -0.2) is 4.79 Å². The van der Waals surface area contributed by atoms with Gasteiger partial charge in [0.2, 0.25) is 0 Å². The highest BCUT2D eigenvalue weighted by Crippen LogP contribution is 2.46. The molecule has 4 atom stereocenters. The number of ether oxygens (including phenoxy) is 1. The zero-order valence-corrected chi connectivity index (χ0v) is 12.1. The van der Waals surface area contributed by atoms with Crippen molar-refractivity contribution in [1.82, 2.24) is 0 Å². The summed E-state index contributed by atoms with van der Waals surface area (Å²) in [5, 5.41) is 19.7. The molecule has 0 aromatic heterocycles. The number of rotatable bonds is 2. The zero-order chi connectivity index (χ0) is 15.1. The average Bonchev–Trinajstić information content (AvgIpc) is 2.49. The summed E-state index contributed by atoms with van der Waals surface area (Å²) in [6, 6.07) is 0. The van der Waals surface area contributed by atoms with E-state index in [9.17, 15) is 19.8 Å². The maximum Gasteiger partial charge on any atom is 0.334 e. The lowest BCUT2D eigenvalue weighted by Gasteiger charge is -2.45. The number of aliphatic carboxylic acids is 1. The van der Waals surface area contributed by atoms with E-state index in [2.05, 4.69) is 13.8 Å². The van der Waals surface area contributed by atoms with Gasteiger partial charge in [0.05, 0.1) is 17.1 Å². The summed E-state index contributed by atoms with van der Waals surface area (Å²) >= 11 is 0. The Bertz CT molecular complexity index is 449. The number of allylic oxidation sites excluding steroid dienone is 1. The van der Waals surface area contributed by atoms with Crippen molar-refractivity contribution in [3.05, 3.63) is 11.6 Å². The van der Waals surface area contributed by atoms with Crippen LogP contribution in [0.3, 0.4) is 0 Å². The highest BCUT2D eigenvalue weighted by atomic mass is 16.5. The molecular weight excluding hydrogens is 260 g/mol. The van der Waals surface area contributed by atoms with E-state index in [-0.39, 0.29) is 24.0 Å². The molecule has 0 bridgehead atoms. The Hall–Kier alpha value is -1.36. The molecule has 5 heteroatoms. The Morgan fingerprint density at radius 2 is 2.15 bits per heavy atom. The van der Waals surface area contributed by atoms with E-state index in [0.29, 0.717) is 12.3 Å². The minimum Gasteiger partial charge on any atom is -0.478 e. The number of hydrogen-bond donors (Lipinski definition) is 2. The molecule has 0 spiro atoms. The Labute approximate surface area is 118 Å². The van der Waals surface area contributed by atoms with E-state index >= 15 is 0 Å². The van der Waals surface area contributed by atoms with Crippen LogP contribution in [0.5, 0.6) is 0 Å². The predicted octanol–water partition coefficient (Wildman–Crippen LogP) is 1.60. The van der Waals surface area contributed by atoms with Crippen molar-refractivity contribution in [2.45, 2.75) is 39.2 Å². The lowest BCUT2D eigenvalue weighted by atomic mass is 9.61. The van der Waals surface area contributed by atoms with Gasteiger partial charge < -0.3 is 14.9 Å². The van der Waals surface area contributed by atoms with Crippen LogP contribution in [0.25, 0.3) is 0 Å². The third-order valence-corrected chi connectivity index (χ3v) is 4.68. The molecule has 1 saturated carbocycles. The smallest absolute Gasteiger partial charge is 0.334 e. The van der Waals surface area contributed by atoms with Crippen LogP contribution in [0.2, 0.25) is 0 Å². The predicted molar refractivity (Wildman–Crippen MR) is 71.8 cm³/mol. The van der Waals surface area contributed by atoms with E-state index in [0.717, 1.165) is 6.42 Å². The van der Waals surface area contributed by atoms with Crippen LogP contribution in [0.1, 0.15) is 33.6 Å². The SMILES string of the molecule is CC(C)[C@H]1CC[C@](C)(O)[C@H]2C(=O)OCC(C(=O)O)=C[C@H]12. The molecule has 1 heterocycles. The molecule has 0 aromatic carbocycles. The summed E-state index contributed by atoms with van der Waals surface area (Å²) < 4.78 is 5.06. The van der Waals surface area contributed by atoms with Gasteiger partial charge in [0.15, 0.2) is 0 Å². The molecule has 2 rings (SSSR count). The fourth-order valence-electron chi connectivity index (χ4n) is 3.53. The molecule has 2 N–H and O–H groups in total. The first kappa shape index (κ1) is 15.0. The van der Waals surface area contributed by atoms with Gasteiger partial charge in [0, 0.05) is 0 Å². The maximum atomic E-state index is 12.2. The van der Waals surface area contributed by atoms with Gasteiger partial charge in [-0.2, -0.15) is 0 Å². The summed E-state index contributed by atoms with van der Waals surface area (Å²) in [7, 11) is 0. The third-order valence-electron chi connectivity index (χ3n) is 4.68. The van der Waals surface area contributed by atoms with E-state index in [1.54, 1.807) is 13.0 Å². The van der Waals surface area contributed by atoms with Crippen molar-refractivity contribution in [2.24, 2.45) is 23.7 Å². The second-order valence-corrected chi connectivity index (χ2v) is 6.46. The molecule has 1 aliphatic heterocycles. The second kappa shape index (κ2) is 5.20. The molecule has 2 aliphatic rings. The summed E-state index contributed by atoms with van der Waals surface area (Å²) in [5.41, 5.74) is -1.04. The minimum atomic E-state index is -1.14. The number of fused-ring (bicyclic) bond motifs is 1. The first-order valence-electron chi connectivity index (χ1n) is 7.07. The van der Waals surface area contributed by atoms with Gasteiger partial charge in [0.25, 0.3) is 0 Å². The molecule has 0 saturated heterocycles. The number of carboxylic acids is 1. The first-order chi connectivity index (χ1) is 9.24. The largest absolute Gasteiger partial charge is 0.478 e. The summed E-state index contributed by atoms with van der Waals surface area (Å²) in [6.45, 7) is 5.54. The molecule has 5 nitrogen and oxygen atoms in total. The monoisotopic (exact) mass is 282 g/mol. The van der Waals surface area contributed by atoms with Crippen LogP contribution >= 0.6 is 0 Å². The van der Waals surface area contributed by atoms with Crippen LogP contribution in [0.4, 0.5) is 0 Å². The average molecular weight is 282 g/mol. The molecule has 1 fully saturated rings. The van der Waals surface area contributed by atoms with Crippen LogP contribution in [0.15, 0.2) is 11.6 Å². The third kappa shape index (κ3) is 2.59. The number of carbonyl (C=O) groups excluding carboxylic acids is 1. The van der Waals surface area contributed by atoms with Crippen molar-refractivity contribution >= 4 is 11.9 Å². The molecule has 0 amide bonds. The molecular formula is C15H22O5. The fraction of sp³-hybridized carbons (Fsp3) is 0.733. The van der Waals surface area contributed by atoms with Gasteiger partial charge in [-0.05, 0) is 37.5 Å². The summed E-state index contributed by atoms with van der Waals surface area (Å²) in [6.07, 6.45) is 2.95. The Morgan fingerprint density at radius 1 is 1.50 bits per heavy atom. The molecule has 112 valence electrons. The Balaban J connectivity index is 2.46. The van der Waals surface area contributed by atoms with Gasteiger partial charge in [-0.15, -0.1) is 0 Å². The first-order valence-corrected chi connectivity index (χ1v) is 7.07. The van der Waals surface area contributed by atoms with Crippen LogP contribution in [0, 0.1) is 23.7 Å². The standard InChI is InChI=1S/C15H22O5/c1-8(2)10-4-5-15(3,19)12-11(10)6-9(13(16)17)7-20-14(12)18/h6,8,10-12,19H,4-5,7H2,1-3H3,(H,16,17)/t10-,11-,12-,15+/m1/s1. The van der Waals surface area contributed by atoms with Crippen molar-refractivity contribution in [3.63, 3.8) is 0 Å². The van der Waals surface area contributed by atoms with Gasteiger partial charge in [-0.1, -0.05) is 19.9 Å². The normalized spacial score (nSPS) is 37.8. The second-order valence-electron chi connectivity index (χ2n) is 6.46. The lowest BCUT2D eigenvalue weighted by Crippen LogP contribution is -2.50. The van der Waals surface area contributed by atoms with Gasteiger partial charge in [-0.3, -0.25) is 4.79 Å². The van der Waals surface area contributed by atoms with Crippen molar-refractivity contribution in [1.29, 1.82) is 0 Å². The summed E-state index contributed by atoms with van der Waals surface area (Å²) in [4.78, 5) is 23.4. The fourth-order valence-corrected chi connectivity index (χ4v) is 3.53. The molecule has 0 aromatic rings. The van der Waals surface area contributed by atoms with Crippen molar-refractivity contribution in [3.8, 4) is 0 Å².